The van der Waals surface area contributed by atoms with Crippen LogP contribution >= 0.6 is 7.82 Å². The molecule has 0 saturated carbocycles. The van der Waals surface area contributed by atoms with Crippen LogP contribution in [-0.4, -0.2) is 68.5 Å². The molecule has 0 aliphatic heterocycles. The quantitative estimate of drug-likeness (QED) is 0.0273. The van der Waals surface area contributed by atoms with Crippen molar-refractivity contribution in [1.29, 1.82) is 0 Å². The van der Waals surface area contributed by atoms with E-state index in [0.717, 1.165) is 109 Å². The monoisotopic (exact) mass is 911 g/mol. The summed E-state index contributed by atoms with van der Waals surface area (Å²) in [5.74, 6) is -0.186. The van der Waals surface area contributed by atoms with Crippen LogP contribution in [0.5, 0.6) is 0 Å². The molecule has 0 aromatic carbocycles. The van der Waals surface area contributed by atoms with Gasteiger partial charge >= 0.3 is 0 Å². The Balaban J connectivity index is 4.07. The van der Waals surface area contributed by atoms with Gasteiger partial charge in [0.2, 0.25) is 5.91 Å². The van der Waals surface area contributed by atoms with Gasteiger partial charge < -0.3 is 28.8 Å². The zero-order valence-electron chi connectivity index (χ0n) is 41.4. The molecule has 8 nitrogen and oxygen atoms in total. The highest BCUT2D eigenvalue weighted by atomic mass is 31.2. The SMILES string of the molecule is CC/C=C\C/C=C\C/C=C\C/C=C\C/C=C\C/C=C\C/C=C\C/C=C\C/C=C\CCCCCCCCCC(=O)NC(COP(=O)([O-])OCC[N+](C)(C)C)C(O)CCCCCCCCC. The maximum Gasteiger partial charge on any atom is 0.268 e. The van der Waals surface area contributed by atoms with Crippen molar-refractivity contribution in [3.8, 4) is 0 Å². The fourth-order valence-corrected chi connectivity index (χ4v) is 7.28. The Hall–Kier alpha value is -2.84. The Morgan fingerprint density at radius 3 is 1.39 bits per heavy atom. The van der Waals surface area contributed by atoms with E-state index in [2.05, 4.69) is 129 Å². The summed E-state index contributed by atoms with van der Waals surface area (Å²) in [5.41, 5.74) is 0. The first-order chi connectivity index (χ1) is 31.0. The van der Waals surface area contributed by atoms with Crippen LogP contribution < -0.4 is 10.2 Å². The summed E-state index contributed by atoms with van der Waals surface area (Å²) in [5, 5.41) is 13.8. The number of phosphoric ester groups is 1. The Bertz CT molecular complexity index is 1400. The first-order valence-electron chi connectivity index (χ1n) is 25.2. The van der Waals surface area contributed by atoms with Crippen LogP contribution in [0.1, 0.15) is 181 Å². The van der Waals surface area contributed by atoms with Gasteiger partial charge in [-0.15, -0.1) is 0 Å². The van der Waals surface area contributed by atoms with Gasteiger partial charge in [0.25, 0.3) is 7.82 Å². The summed E-state index contributed by atoms with van der Waals surface area (Å²) >= 11 is 0. The zero-order chi connectivity index (χ0) is 47.1. The van der Waals surface area contributed by atoms with Crippen molar-refractivity contribution >= 4 is 13.7 Å². The van der Waals surface area contributed by atoms with Crippen molar-refractivity contribution in [2.75, 3.05) is 40.9 Å². The van der Waals surface area contributed by atoms with Crippen LogP contribution in [0.4, 0.5) is 0 Å². The number of carbonyl (C=O) groups excluding carboxylic acids is 1. The van der Waals surface area contributed by atoms with Crippen LogP contribution in [-0.2, 0) is 18.4 Å². The number of aliphatic hydroxyl groups is 1. The molecule has 366 valence electrons. The van der Waals surface area contributed by atoms with E-state index in [-0.39, 0.29) is 19.1 Å². The summed E-state index contributed by atoms with van der Waals surface area (Å²) in [6.07, 6.45) is 65.6. The highest BCUT2D eigenvalue weighted by Crippen LogP contribution is 2.38. The number of quaternary nitrogens is 1. The van der Waals surface area contributed by atoms with Crippen LogP contribution in [0.25, 0.3) is 0 Å². The lowest BCUT2D eigenvalue weighted by molar-refractivity contribution is -0.870. The van der Waals surface area contributed by atoms with Gasteiger partial charge in [-0.2, -0.15) is 0 Å². The number of likely N-dealkylation sites (N-methyl/N-ethyl adjacent to an activating group) is 1. The van der Waals surface area contributed by atoms with Crippen LogP contribution in [0.2, 0.25) is 0 Å². The smallest absolute Gasteiger partial charge is 0.268 e. The number of allylic oxidation sites excluding steroid dienone is 18. The van der Waals surface area contributed by atoms with E-state index in [1.807, 2.05) is 21.1 Å². The number of rotatable bonds is 44. The Morgan fingerprint density at radius 1 is 0.562 bits per heavy atom. The van der Waals surface area contributed by atoms with E-state index in [9.17, 15) is 19.4 Å². The Kier molecular flexibility index (Phi) is 43.3. The number of unbranched alkanes of at least 4 members (excludes halogenated alkanes) is 13. The highest BCUT2D eigenvalue weighted by Gasteiger charge is 2.24. The molecule has 0 aliphatic rings. The molecule has 64 heavy (non-hydrogen) atoms. The van der Waals surface area contributed by atoms with Gasteiger partial charge in [-0.05, 0) is 83.5 Å². The largest absolute Gasteiger partial charge is 0.756 e. The lowest BCUT2D eigenvalue weighted by Gasteiger charge is -2.30. The third kappa shape index (κ3) is 47.1. The summed E-state index contributed by atoms with van der Waals surface area (Å²) in [4.78, 5) is 25.3. The summed E-state index contributed by atoms with van der Waals surface area (Å²) < 4.78 is 23.2. The van der Waals surface area contributed by atoms with Gasteiger partial charge in [0, 0.05) is 6.42 Å². The molecule has 2 N–H and O–H groups in total. The molecule has 0 heterocycles. The van der Waals surface area contributed by atoms with Crippen molar-refractivity contribution in [1.82, 2.24) is 5.32 Å². The second kappa shape index (κ2) is 45.3. The predicted octanol–water partition coefficient (Wildman–Crippen LogP) is 14.2. The van der Waals surface area contributed by atoms with Crippen molar-refractivity contribution in [3.63, 3.8) is 0 Å². The third-order valence-electron chi connectivity index (χ3n) is 10.5. The van der Waals surface area contributed by atoms with Crippen LogP contribution in [0.15, 0.2) is 109 Å². The van der Waals surface area contributed by atoms with Gasteiger partial charge in [0.15, 0.2) is 0 Å². The lowest BCUT2D eigenvalue weighted by Crippen LogP contribution is -2.46. The lowest BCUT2D eigenvalue weighted by atomic mass is 10.0. The number of hydrogen-bond donors (Lipinski definition) is 2. The molecule has 0 radical (unpaired) electrons. The summed E-state index contributed by atoms with van der Waals surface area (Å²) in [6.45, 7) is 4.52. The maximum atomic E-state index is 12.8. The minimum Gasteiger partial charge on any atom is -0.756 e. The number of nitrogens with zero attached hydrogens (tertiary/aromatic N) is 1. The molecule has 3 unspecified atom stereocenters. The molecule has 1 amide bonds. The van der Waals surface area contributed by atoms with E-state index in [1.54, 1.807) is 0 Å². The first kappa shape index (κ1) is 61.2. The van der Waals surface area contributed by atoms with E-state index in [0.29, 0.717) is 23.9 Å². The summed E-state index contributed by atoms with van der Waals surface area (Å²) in [6, 6.07) is -0.811. The number of carbonyl (C=O) groups is 1. The molecule has 0 saturated heterocycles. The average Bonchev–Trinajstić information content (AvgIpc) is 3.25. The fraction of sp³-hybridized carbons (Fsp3) is 0.655. The molecule has 9 heteroatoms. The van der Waals surface area contributed by atoms with Gasteiger partial charge in [-0.3, -0.25) is 9.36 Å². The van der Waals surface area contributed by atoms with Gasteiger partial charge in [0.1, 0.15) is 13.2 Å². The number of aliphatic hydroxyl groups excluding tert-OH is 1. The number of amides is 1. The van der Waals surface area contributed by atoms with E-state index < -0.39 is 20.0 Å². The molecule has 0 spiro atoms. The van der Waals surface area contributed by atoms with E-state index in [4.69, 9.17) is 9.05 Å². The highest BCUT2D eigenvalue weighted by molar-refractivity contribution is 7.45. The minimum absolute atomic E-state index is 0.00351. The summed E-state index contributed by atoms with van der Waals surface area (Å²) in [7, 11) is 1.27. The number of nitrogens with one attached hydrogen (secondary N) is 1. The van der Waals surface area contributed by atoms with Gasteiger partial charge in [0.05, 0.1) is 39.9 Å². The molecule has 0 rings (SSSR count). The fourth-order valence-electron chi connectivity index (χ4n) is 6.56. The van der Waals surface area contributed by atoms with E-state index >= 15 is 0 Å². The standard InChI is InChI=1S/C55H95N2O6P/c1-6-8-10-12-14-15-16-17-18-19-20-21-22-23-24-25-26-27-28-29-30-31-32-33-34-35-36-37-38-39-40-41-43-45-47-49-55(59)56-53(54(58)48-46-44-42-13-11-9-7-2)52-63-64(60,61)62-51-50-57(3,4)5/h8,10,14-15,17-18,20-21,23-24,26-27,29-30,32-33,35-36,53-54,58H,6-7,9,11-13,16,19,22,25,28,31,34,37-52H2,1-5H3,(H-,56,59,60,61)/b10-8-,15-14-,18-17-,21-20-,24-23-,27-26-,30-29-,33-32-,36-35-. The van der Waals surface area contributed by atoms with Crippen LogP contribution in [0, 0.1) is 0 Å². The van der Waals surface area contributed by atoms with E-state index in [1.165, 1.54) is 44.9 Å². The average molecular weight is 911 g/mol. The van der Waals surface area contributed by atoms with Crippen molar-refractivity contribution in [2.45, 2.75) is 193 Å². The van der Waals surface area contributed by atoms with Crippen molar-refractivity contribution in [2.24, 2.45) is 0 Å². The Morgan fingerprint density at radius 2 is 0.953 bits per heavy atom. The molecule has 3 atom stereocenters. The minimum atomic E-state index is -4.57. The second-order valence-electron chi connectivity index (χ2n) is 17.8. The molecule has 0 aromatic heterocycles. The molecule has 0 aliphatic carbocycles. The third-order valence-corrected chi connectivity index (χ3v) is 11.5. The first-order valence-corrected chi connectivity index (χ1v) is 26.7. The van der Waals surface area contributed by atoms with Gasteiger partial charge in [-0.1, -0.05) is 200 Å². The van der Waals surface area contributed by atoms with Gasteiger partial charge in [-0.25, -0.2) is 0 Å². The van der Waals surface area contributed by atoms with Crippen molar-refractivity contribution in [3.05, 3.63) is 109 Å². The molecular weight excluding hydrogens is 816 g/mol. The zero-order valence-corrected chi connectivity index (χ0v) is 42.3. The number of hydrogen-bond acceptors (Lipinski definition) is 6. The molecular formula is C55H95N2O6P. The predicted molar refractivity (Wildman–Crippen MR) is 274 cm³/mol. The topological polar surface area (TPSA) is 108 Å². The molecule has 0 fully saturated rings. The second-order valence-corrected chi connectivity index (χ2v) is 19.2. The van der Waals surface area contributed by atoms with Crippen molar-refractivity contribution < 1.29 is 32.9 Å². The normalized spacial score (nSPS) is 15.0. The Labute approximate surface area is 393 Å². The van der Waals surface area contributed by atoms with Crippen LogP contribution in [0.3, 0.4) is 0 Å². The molecule has 0 aromatic rings. The maximum absolute atomic E-state index is 12.8. The molecule has 0 bridgehead atoms. The number of phosphoric acid groups is 1.